The van der Waals surface area contributed by atoms with Gasteiger partial charge in [-0.1, -0.05) is 18.2 Å². The lowest BCUT2D eigenvalue weighted by molar-refractivity contribution is 0.160. The molecule has 0 radical (unpaired) electrons. The van der Waals surface area contributed by atoms with Crippen LogP contribution in [0.25, 0.3) is 6.08 Å². The van der Waals surface area contributed by atoms with Crippen molar-refractivity contribution in [2.24, 2.45) is 0 Å². The largest absolute Gasteiger partial charge is 0.481 e. The first kappa shape index (κ1) is 14.6. The summed E-state index contributed by atoms with van der Waals surface area (Å²) in [6, 6.07) is 6.18. The van der Waals surface area contributed by atoms with Crippen LogP contribution >= 0.6 is 0 Å². The van der Waals surface area contributed by atoms with E-state index in [9.17, 15) is 0 Å². The Morgan fingerprint density at radius 3 is 2.73 bits per heavy atom. The third kappa shape index (κ3) is 2.82. The van der Waals surface area contributed by atoms with Gasteiger partial charge in [0.05, 0.1) is 23.1 Å². The summed E-state index contributed by atoms with van der Waals surface area (Å²) in [4.78, 5) is 8.74. The number of para-hydroxylation sites is 1. The van der Waals surface area contributed by atoms with Crippen LogP contribution in [0.1, 0.15) is 43.8 Å². The third-order valence-electron chi connectivity index (χ3n) is 3.78. The highest BCUT2D eigenvalue weighted by Gasteiger charge is 2.24. The number of benzene rings is 1. The van der Waals surface area contributed by atoms with Crippen molar-refractivity contribution in [1.29, 1.82) is 0 Å². The molecule has 22 heavy (non-hydrogen) atoms. The molecule has 0 fully saturated rings. The highest BCUT2D eigenvalue weighted by molar-refractivity contribution is 5.71. The molecule has 0 saturated carbocycles. The average molecular weight is 295 g/mol. The summed E-state index contributed by atoms with van der Waals surface area (Å²) in [5.74, 6) is 0.892. The second-order valence-electron chi connectivity index (χ2n) is 6.16. The Hall–Kier alpha value is -2.36. The highest BCUT2D eigenvalue weighted by atomic mass is 16.5. The third-order valence-corrected chi connectivity index (χ3v) is 3.78. The molecular weight excluding hydrogens is 274 g/mol. The Balaban J connectivity index is 1.91. The van der Waals surface area contributed by atoms with Gasteiger partial charge in [-0.3, -0.25) is 9.97 Å². The molecule has 4 nitrogen and oxygen atoms in total. The van der Waals surface area contributed by atoms with Crippen molar-refractivity contribution in [2.45, 2.75) is 39.3 Å². The maximum Gasteiger partial charge on any atom is 0.150 e. The molecule has 3 rings (SSSR count). The number of aryl methyl sites for hydroxylation is 1. The molecule has 0 amide bonds. The number of hydrogen-bond donors (Lipinski definition) is 1. The van der Waals surface area contributed by atoms with Crippen molar-refractivity contribution in [3.8, 4) is 5.75 Å². The van der Waals surface area contributed by atoms with E-state index in [1.807, 2.05) is 19.1 Å². The molecule has 0 saturated heterocycles. The second-order valence-corrected chi connectivity index (χ2v) is 6.16. The van der Waals surface area contributed by atoms with E-state index in [4.69, 9.17) is 4.74 Å². The molecule has 114 valence electrons. The summed E-state index contributed by atoms with van der Waals surface area (Å²) in [6.07, 6.45) is 7.63. The zero-order valence-electron chi connectivity index (χ0n) is 13.4. The van der Waals surface area contributed by atoms with Gasteiger partial charge < -0.3 is 10.1 Å². The van der Waals surface area contributed by atoms with Gasteiger partial charge in [0, 0.05) is 18.0 Å². The van der Waals surface area contributed by atoms with E-state index in [1.54, 1.807) is 12.4 Å². The average Bonchev–Trinajstić information content (AvgIpc) is 2.47. The quantitative estimate of drug-likeness (QED) is 0.924. The van der Waals surface area contributed by atoms with Crippen molar-refractivity contribution in [3.05, 3.63) is 53.6 Å². The van der Waals surface area contributed by atoms with Crippen LogP contribution in [-0.4, -0.2) is 15.6 Å². The molecular formula is C18H21N3O. The molecule has 4 heteroatoms. The molecule has 1 atom stereocenters. The van der Waals surface area contributed by atoms with Gasteiger partial charge in [-0.15, -0.1) is 0 Å². The van der Waals surface area contributed by atoms with E-state index in [-0.39, 0.29) is 11.6 Å². The SMILES string of the molecule is Cc1nccnc1C(C)Nc1cccc2c1OC(C)(C)C=C2. The van der Waals surface area contributed by atoms with Gasteiger partial charge in [0.15, 0.2) is 5.75 Å². The Labute approximate surface area is 131 Å². The van der Waals surface area contributed by atoms with Crippen LogP contribution in [0.3, 0.4) is 0 Å². The fourth-order valence-electron chi connectivity index (χ4n) is 2.65. The number of ether oxygens (including phenoxy) is 1. The fourth-order valence-corrected chi connectivity index (χ4v) is 2.65. The van der Waals surface area contributed by atoms with Crippen LogP contribution in [0.15, 0.2) is 36.7 Å². The zero-order valence-corrected chi connectivity index (χ0v) is 13.4. The van der Waals surface area contributed by atoms with Gasteiger partial charge in [0.2, 0.25) is 0 Å². The fraction of sp³-hybridized carbons (Fsp3) is 0.333. The molecule has 1 aromatic heterocycles. The van der Waals surface area contributed by atoms with Crippen LogP contribution in [0, 0.1) is 6.92 Å². The van der Waals surface area contributed by atoms with Gasteiger partial charge in [-0.2, -0.15) is 0 Å². The first-order valence-electron chi connectivity index (χ1n) is 7.51. The summed E-state index contributed by atoms with van der Waals surface area (Å²) in [7, 11) is 0. The summed E-state index contributed by atoms with van der Waals surface area (Å²) in [5, 5.41) is 3.50. The number of nitrogens with zero attached hydrogens (tertiary/aromatic N) is 2. The zero-order chi connectivity index (χ0) is 15.7. The van der Waals surface area contributed by atoms with Gasteiger partial charge in [0.25, 0.3) is 0 Å². The molecule has 0 bridgehead atoms. The number of rotatable bonds is 3. The number of anilines is 1. The van der Waals surface area contributed by atoms with E-state index in [1.165, 1.54) is 0 Å². The summed E-state index contributed by atoms with van der Waals surface area (Å²) >= 11 is 0. The van der Waals surface area contributed by atoms with E-state index in [0.717, 1.165) is 28.4 Å². The van der Waals surface area contributed by atoms with Crippen LogP contribution < -0.4 is 10.1 Å². The van der Waals surface area contributed by atoms with Crippen LogP contribution in [0.5, 0.6) is 5.75 Å². The summed E-state index contributed by atoms with van der Waals surface area (Å²) < 4.78 is 6.13. The lowest BCUT2D eigenvalue weighted by Gasteiger charge is -2.30. The second kappa shape index (κ2) is 5.44. The number of nitrogens with one attached hydrogen (secondary N) is 1. The van der Waals surface area contributed by atoms with Crippen molar-refractivity contribution < 1.29 is 4.74 Å². The summed E-state index contributed by atoms with van der Waals surface area (Å²) in [6.45, 7) is 8.17. The monoisotopic (exact) mass is 295 g/mol. The Morgan fingerprint density at radius 1 is 1.18 bits per heavy atom. The van der Waals surface area contributed by atoms with Gasteiger partial charge in [-0.05, 0) is 39.8 Å². The van der Waals surface area contributed by atoms with Crippen molar-refractivity contribution in [3.63, 3.8) is 0 Å². The first-order chi connectivity index (χ1) is 10.5. The lowest BCUT2D eigenvalue weighted by atomic mass is 10.0. The van der Waals surface area contributed by atoms with E-state index < -0.39 is 0 Å². The minimum absolute atomic E-state index is 0.0535. The van der Waals surface area contributed by atoms with Crippen LogP contribution in [0.4, 0.5) is 5.69 Å². The molecule has 1 aliphatic rings. The van der Waals surface area contributed by atoms with E-state index >= 15 is 0 Å². The highest BCUT2D eigenvalue weighted by Crippen LogP contribution is 2.38. The Bertz CT molecular complexity index is 722. The molecule has 2 aromatic rings. The predicted molar refractivity (Wildman–Crippen MR) is 89.0 cm³/mol. The number of aromatic nitrogens is 2. The standard InChI is InChI=1S/C18H21N3O/c1-12-16(20-11-10-19-12)13(2)21-15-7-5-6-14-8-9-18(3,4)22-17(14)15/h5-11,13,21H,1-4H3. The smallest absolute Gasteiger partial charge is 0.150 e. The molecule has 1 aromatic carbocycles. The maximum absolute atomic E-state index is 6.13. The minimum Gasteiger partial charge on any atom is -0.481 e. The lowest BCUT2D eigenvalue weighted by Crippen LogP contribution is -2.28. The van der Waals surface area contributed by atoms with Crippen molar-refractivity contribution in [1.82, 2.24) is 9.97 Å². The first-order valence-corrected chi connectivity index (χ1v) is 7.51. The van der Waals surface area contributed by atoms with Crippen molar-refractivity contribution in [2.75, 3.05) is 5.32 Å². The molecule has 1 unspecified atom stereocenters. The number of hydrogen-bond acceptors (Lipinski definition) is 4. The van der Waals surface area contributed by atoms with Gasteiger partial charge in [-0.25, -0.2) is 0 Å². The Morgan fingerprint density at radius 2 is 1.95 bits per heavy atom. The molecule has 0 aliphatic carbocycles. The topological polar surface area (TPSA) is 47.0 Å². The van der Waals surface area contributed by atoms with E-state index in [2.05, 4.69) is 54.3 Å². The normalized spacial score (nSPS) is 16.5. The summed E-state index contributed by atoms with van der Waals surface area (Å²) in [5.41, 5.74) is 3.66. The van der Waals surface area contributed by atoms with Gasteiger partial charge in [0.1, 0.15) is 5.60 Å². The molecule has 1 aliphatic heterocycles. The van der Waals surface area contributed by atoms with Crippen molar-refractivity contribution >= 4 is 11.8 Å². The maximum atomic E-state index is 6.13. The minimum atomic E-state index is -0.295. The predicted octanol–water partition coefficient (Wildman–Crippen LogP) is 4.14. The molecule has 2 heterocycles. The van der Waals surface area contributed by atoms with Crippen LogP contribution in [0.2, 0.25) is 0 Å². The van der Waals surface area contributed by atoms with E-state index in [0.29, 0.717) is 0 Å². The van der Waals surface area contributed by atoms with Gasteiger partial charge >= 0.3 is 0 Å². The Kier molecular flexibility index (Phi) is 3.61. The molecule has 1 N–H and O–H groups in total. The number of fused-ring (bicyclic) bond motifs is 1. The molecule has 0 spiro atoms. The van der Waals surface area contributed by atoms with Crippen LogP contribution in [-0.2, 0) is 0 Å².